The lowest BCUT2D eigenvalue weighted by Crippen LogP contribution is -2.49. The lowest BCUT2D eigenvalue weighted by Gasteiger charge is -2.27. The maximum atomic E-state index is 11.7. The van der Waals surface area contributed by atoms with Crippen molar-refractivity contribution in [2.45, 2.75) is 25.8 Å². The number of aliphatic hydroxyl groups excluding tert-OH is 1. The van der Waals surface area contributed by atoms with Gasteiger partial charge in [0.2, 0.25) is 0 Å². The minimum absolute atomic E-state index is 0.0176. The Kier molecular flexibility index (Phi) is 4.96. The second-order valence-electron chi connectivity index (χ2n) is 4.10. The van der Waals surface area contributed by atoms with Gasteiger partial charge < -0.3 is 20.4 Å². The van der Waals surface area contributed by atoms with E-state index in [0.29, 0.717) is 13.1 Å². The molecule has 0 saturated carbocycles. The molecule has 2 amide bonds. The molecular formula is C11H18N2O4. The van der Waals surface area contributed by atoms with Crippen molar-refractivity contribution in [3.05, 3.63) is 11.6 Å². The van der Waals surface area contributed by atoms with Crippen molar-refractivity contribution in [1.82, 2.24) is 10.2 Å². The quantitative estimate of drug-likeness (QED) is 0.614. The number of aliphatic hydroxyl groups is 1. The Balaban J connectivity index is 2.50. The van der Waals surface area contributed by atoms with E-state index in [4.69, 9.17) is 10.2 Å². The van der Waals surface area contributed by atoms with Crippen LogP contribution < -0.4 is 5.32 Å². The normalized spacial score (nSPS) is 17.3. The third-order valence-corrected chi connectivity index (χ3v) is 2.74. The fourth-order valence-corrected chi connectivity index (χ4v) is 1.58. The lowest BCUT2D eigenvalue weighted by molar-refractivity contribution is -0.139. The van der Waals surface area contributed by atoms with Gasteiger partial charge in [-0.2, -0.15) is 0 Å². The van der Waals surface area contributed by atoms with E-state index in [1.54, 1.807) is 4.90 Å². The maximum absolute atomic E-state index is 11.7. The average Bonchev–Trinajstić information content (AvgIpc) is 2.29. The van der Waals surface area contributed by atoms with Crippen LogP contribution in [-0.4, -0.2) is 52.9 Å². The number of carbonyl (C=O) groups is 2. The van der Waals surface area contributed by atoms with Crippen LogP contribution in [0.1, 0.15) is 19.8 Å². The highest BCUT2D eigenvalue weighted by Crippen LogP contribution is 2.09. The zero-order valence-corrected chi connectivity index (χ0v) is 9.85. The summed E-state index contributed by atoms with van der Waals surface area (Å²) in [4.78, 5) is 24.1. The van der Waals surface area contributed by atoms with E-state index in [2.05, 4.69) is 5.32 Å². The number of carboxylic acid groups (broad SMARTS) is 1. The van der Waals surface area contributed by atoms with Gasteiger partial charge in [0.25, 0.3) is 0 Å². The minimum Gasteiger partial charge on any atom is -0.480 e. The number of urea groups is 1. The fraction of sp³-hybridized carbons (Fsp3) is 0.636. The molecule has 0 aromatic rings. The summed E-state index contributed by atoms with van der Waals surface area (Å²) in [6, 6.07) is -1.42. The van der Waals surface area contributed by atoms with Crippen molar-refractivity contribution in [2.75, 3.05) is 19.7 Å². The molecule has 0 radical (unpaired) electrons. The third kappa shape index (κ3) is 4.07. The van der Waals surface area contributed by atoms with E-state index < -0.39 is 18.0 Å². The smallest absolute Gasteiger partial charge is 0.326 e. The molecule has 17 heavy (non-hydrogen) atoms. The number of hydrogen-bond donors (Lipinski definition) is 3. The number of carbonyl (C=O) groups excluding carboxylic acids is 1. The Hall–Kier alpha value is -1.56. The van der Waals surface area contributed by atoms with Gasteiger partial charge in [0.05, 0.1) is 0 Å². The van der Waals surface area contributed by atoms with Gasteiger partial charge >= 0.3 is 12.0 Å². The van der Waals surface area contributed by atoms with Crippen molar-refractivity contribution in [3.8, 4) is 0 Å². The summed E-state index contributed by atoms with van der Waals surface area (Å²) in [7, 11) is 0. The number of nitrogens with one attached hydrogen (secondary N) is 1. The van der Waals surface area contributed by atoms with Crippen LogP contribution in [0, 0.1) is 0 Å². The fourth-order valence-electron chi connectivity index (χ4n) is 1.58. The summed E-state index contributed by atoms with van der Waals surface area (Å²) < 4.78 is 0. The Labute approximate surface area is 99.9 Å². The highest BCUT2D eigenvalue weighted by Gasteiger charge is 2.23. The van der Waals surface area contributed by atoms with Crippen LogP contribution >= 0.6 is 0 Å². The summed E-state index contributed by atoms with van der Waals surface area (Å²) in [5.41, 5.74) is 1.24. The van der Waals surface area contributed by atoms with Gasteiger partial charge in [-0.15, -0.1) is 0 Å². The van der Waals surface area contributed by atoms with Gasteiger partial charge in [0.1, 0.15) is 6.04 Å². The molecule has 3 N–H and O–H groups in total. The molecule has 0 spiro atoms. The summed E-state index contributed by atoms with van der Waals surface area (Å²) in [5.74, 6) is -1.13. The maximum Gasteiger partial charge on any atom is 0.326 e. The van der Waals surface area contributed by atoms with E-state index in [0.717, 1.165) is 6.42 Å². The highest BCUT2D eigenvalue weighted by molar-refractivity contribution is 5.82. The first-order valence-corrected chi connectivity index (χ1v) is 5.59. The Morgan fingerprint density at radius 3 is 2.76 bits per heavy atom. The van der Waals surface area contributed by atoms with Crippen molar-refractivity contribution >= 4 is 12.0 Å². The van der Waals surface area contributed by atoms with Gasteiger partial charge in [0.15, 0.2) is 0 Å². The van der Waals surface area contributed by atoms with Crippen LogP contribution in [-0.2, 0) is 4.79 Å². The van der Waals surface area contributed by atoms with E-state index in [1.165, 1.54) is 5.57 Å². The lowest BCUT2D eigenvalue weighted by atomic mass is 10.1. The Morgan fingerprint density at radius 1 is 1.59 bits per heavy atom. The Bertz CT molecular complexity index is 327. The standard InChI is InChI=1S/C11H18N2O4/c1-8-2-5-13(6-3-8)11(17)12-9(4-7-14)10(15)16/h2,9,14H,3-7H2,1H3,(H,12,17)(H,15,16)/t9-/m1/s1. The van der Waals surface area contributed by atoms with Gasteiger partial charge in [0, 0.05) is 26.1 Å². The molecule has 0 unspecified atom stereocenters. The number of rotatable bonds is 4. The van der Waals surface area contributed by atoms with E-state index in [-0.39, 0.29) is 13.0 Å². The van der Waals surface area contributed by atoms with E-state index >= 15 is 0 Å². The molecule has 0 fully saturated rings. The summed E-state index contributed by atoms with van der Waals surface area (Å²) in [5, 5.41) is 19.9. The first-order valence-electron chi connectivity index (χ1n) is 5.59. The van der Waals surface area contributed by atoms with Crippen molar-refractivity contribution in [1.29, 1.82) is 0 Å². The third-order valence-electron chi connectivity index (χ3n) is 2.74. The van der Waals surface area contributed by atoms with Crippen molar-refractivity contribution in [2.24, 2.45) is 0 Å². The van der Waals surface area contributed by atoms with Crippen LogP contribution in [0.5, 0.6) is 0 Å². The van der Waals surface area contributed by atoms with Gasteiger partial charge in [-0.3, -0.25) is 0 Å². The first kappa shape index (κ1) is 13.5. The molecule has 1 atom stereocenters. The van der Waals surface area contributed by atoms with Crippen molar-refractivity contribution < 1.29 is 19.8 Å². The molecule has 6 nitrogen and oxygen atoms in total. The van der Waals surface area contributed by atoms with Crippen LogP contribution in [0.4, 0.5) is 4.79 Å². The van der Waals surface area contributed by atoms with Gasteiger partial charge in [-0.05, 0) is 13.3 Å². The van der Waals surface area contributed by atoms with E-state index in [1.807, 2.05) is 13.0 Å². The molecule has 1 aliphatic heterocycles. The summed E-state index contributed by atoms with van der Waals surface area (Å²) in [6.45, 7) is 2.83. The average molecular weight is 242 g/mol. The van der Waals surface area contributed by atoms with Gasteiger partial charge in [-0.25, -0.2) is 9.59 Å². The van der Waals surface area contributed by atoms with Gasteiger partial charge in [-0.1, -0.05) is 11.6 Å². The molecule has 1 rings (SSSR count). The number of nitrogens with zero attached hydrogens (tertiary/aromatic N) is 1. The van der Waals surface area contributed by atoms with Crippen LogP contribution in [0.3, 0.4) is 0 Å². The summed E-state index contributed by atoms with van der Waals surface area (Å²) in [6.07, 6.45) is 2.78. The van der Waals surface area contributed by atoms with Crippen molar-refractivity contribution in [3.63, 3.8) is 0 Å². The van der Waals surface area contributed by atoms with Crippen LogP contribution in [0.15, 0.2) is 11.6 Å². The molecule has 1 aliphatic rings. The zero-order valence-electron chi connectivity index (χ0n) is 9.85. The Morgan fingerprint density at radius 2 is 2.29 bits per heavy atom. The second kappa shape index (κ2) is 6.24. The molecule has 96 valence electrons. The molecule has 0 saturated heterocycles. The van der Waals surface area contributed by atoms with Crippen LogP contribution in [0.25, 0.3) is 0 Å². The number of hydrogen-bond acceptors (Lipinski definition) is 3. The minimum atomic E-state index is -1.13. The monoisotopic (exact) mass is 242 g/mol. The first-order chi connectivity index (χ1) is 8.04. The molecule has 0 aromatic carbocycles. The summed E-state index contributed by atoms with van der Waals surface area (Å²) >= 11 is 0. The zero-order chi connectivity index (χ0) is 12.8. The number of amides is 2. The molecule has 0 aromatic heterocycles. The predicted molar refractivity (Wildman–Crippen MR) is 61.6 cm³/mol. The predicted octanol–water partition coefficient (Wildman–Crippen LogP) is 0.184. The molecular weight excluding hydrogens is 224 g/mol. The highest BCUT2D eigenvalue weighted by atomic mass is 16.4. The SMILES string of the molecule is CC1=CCN(C(=O)N[C@H](CCO)C(=O)O)CC1. The second-order valence-corrected chi connectivity index (χ2v) is 4.10. The molecule has 0 aliphatic carbocycles. The van der Waals surface area contributed by atoms with Crippen LogP contribution in [0.2, 0.25) is 0 Å². The molecule has 6 heteroatoms. The molecule has 1 heterocycles. The largest absolute Gasteiger partial charge is 0.480 e. The topological polar surface area (TPSA) is 89.9 Å². The number of carboxylic acids is 1. The number of aliphatic carboxylic acids is 1. The molecule has 0 bridgehead atoms. The van der Waals surface area contributed by atoms with E-state index in [9.17, 15) is 9.59 Å².